The first kappa shape index (κ1) is 30.2. The highest BCUT2D eigenvalue weighted by molar-refractivity contribution is 14.1. The predicted octanol–water partition coefficient (Wildman–Crippen LogP) is 4.98. The zero-order chi connectivity index (χ0) is 24.5. The molecule has 0 spiro atoms. The van der Waals surface area contributed by atoms with Crippen molar-refractivity contribution in [1.82, 2.24) is 9.21 Å². The summed E-state index contributed by atoms with van der Waals surface area (Å²) in [6.07, 6.45) is 0.470. The average Bonchev–Trinajstić information content (AvgIpc) is 2.91. The number of imide groups is 1. The number of thioether (sulfide) groups is 1. The molecule has 7 nitrogen and oxygen atoms in total. The fourth-order valence-corrected chi connectivity index (χ4v) is 7.28. The molecule has 1 heterocycles. The summed E-state index contributed by atoms with van der Waals surface area (Å²) in [5, 5.41) is -0.279. The molecule has 184 valence electrons. The quantitative estimate of drug-likeness (QED) is 0.0969. The molecular formula is C20H33IN2O5S4. The highest BCUT2D eigenvalue weighted by Crippen LogP contribution is 2.35. The van der Waals surface area contributed by atoms with Crippen LogP contribution < -0.4 is 0 Å². The summed E-state index contributed by atoms with van der Waals surface area (Å²) in [6, 6.07) is 0. The fraction of sp³-hybridized carbons (Fsp3) is 0.800. The van der Waals surface area contributed by atoms with Crippen LogP contribution in [0, 0.1) is 0 Å². The Morgan fingerprint density at radius 1 is 1.06 bits per heavy atom. The summed E-state index contributed by atoms with van der Waals surface area (Å²) in [7, 11) is 3.21. The maximum absolute atomic E-state index is 12.5. The maximum atomic E-state index is 12.5. The highest BCUT2D eigenvalue weighted by atomic mass is 127. The molecule has 1 saturated heterocycles. The molecule has 0 bridgehead atoms. The first-order valence-corrected chi connectivity index (χ1v) is 15.3. The van der Waals surface area contributed by atoms with Gasteiger partial charge in [-0.1, -0.05) is 42.4 Å². The van der Waals surface area contributed by atoms with Gasteiger partial charge in [-0.3, -0.25) is 28.4 Å². The van der Waals surface area contributed by atoms with Gasteiger partial charge in [0, 0.05) is 46.9 Å². The first-order chi connectivity index (χ1) is 14.7. The van der Waals surface area contributed by atoms with E-state index in [1.54, 1.807) is 37.7 Å². The van der Waals surface area contributed by atoms with E-state index < -0.39 is 5.97 Å². The van der Waals surface area contributed by atoms with Crippen molar-refractivity contribution in [1.29, 1.82) is 0 Å². The molecule has 12 heteroatoms. The van der Waals surface area contributed by atoms with Crippen LogP contribution in [-0.4, -0.2) is 72.2 Å². The summed E-state index contributed by atoms with van der Waals surface area (Å²) in [6.45, 7) is 13.2. The number of halogens is 1. The van der Waals surface area contributed by atoms with E-state index in [-0.39, 0.29) is 51.7 Å². The van der Waals surface area contributed by atoms with Gasteiger partial charge in [-0.05, 0) is 32.7 Å². The summed E-state index contributed by atoms with van der Waals surface area (Å²) in [5.41, 5.74) is 0. The van der Waals surface area contributed by atoms with E-state index in [1.165, 1.54) is 39.9 Å². The van der Waals surface area contributed by atoms with Gasteiger partial charge in [0.05, 0.1) is 11.7 Å². The van der Waals surface area contributed by atoms with Crippen molar-refractivity contribution in [3.05, 3.63) is 0 Å². The number of hydrogen-bond donors (Lipinski definition) is 0. The maximum Gasteiger partial charge on any atom is 0.315 e. The molecule has 0 saturated carbocycles. The van der Waals surface area contributed by atoms with Crippen LogP contribution in [0.25, 0.3) is 0 Å². The lowest BCUT2D eigenvalue weighted by Gasteiger charge is -2.28. The van der Waals surface area contributed by atoms with Gasteiger partial charge in [0.2, 0.25) is 17.7 Å². The summed E-state index contributed by atoms with van der Waals surface area (Å²) >= 11 is 4.54. The summed E-state index contributed by atoms with van der Waals surface area (Å²) < 4.78 is 6.11. The molecule has 1 fully saturated rings. The number of carbonyl (C=O) groups is 4. The topological polar surface area (TPSA) is 84.0 Å². The Bertz CT molecular complexity index is 682. The van der Waals surface area contributed by atoms with Crippen LogP contribution in [0.15, 0.2) is 0 Å². The molecular weight excluding hydrogens is 603 g/mol. The third kappa shape index (κ3) is 12.1. The van der Waals surface area contributed by atoms with Crippen molar-refractivity contribution >= 4 is 92.0 Å². The van der Waals surface area contributed by atoms with Gasteiger partial charge in [0.15, 0.2) is 23.0 Å². The minimum Gasteiger partial charge on any atom is -0.394 e. The van der Waals surface area contributed by atoms with E-state index >= 15 is 0 Å². The van der Waals surface area contributed by atoms with Crippen molar-refractivity contribution in [3.63, 3.8) is 0 Å². The van der Waals surface area contributed by atoms with E-state index in [1.807, 2.05) is 41.5 Å². The average molecular weight is 637 g/mol. The lowest BCUT2D eigenvalue weighted by Crippen LogP contribution is -2.34. The fourth-order valence-electron chi connectivity index (χ4n) is 2.70. The van der Waals surface area contributed by atoms with E-state index in [9.17, 15) is 19.2 Å². The molecule has 32 heavy (non-hydrogen) atoms. The highest BCUT2D eigenvalue weighted by Gasteiger charge is 2.40. The molecule has 1 aliphatic rings. The van der Waals surface area contributed by atoms with Gasteiger partial charge in [0.1, 0.15) is 0 Å². The van der Waals surface area contributed by atoms with Crippen molar-refractivity contribution < 1.29 is 22.2 Å². The van der Waals surface area contributed by atoms with Crippen molar-refractivity contribution in [2.24, 2.45) is 0 Å². The Labute approximate surface area is 222 Å². The van der Waals surface area contributed by atoms with Crippen molar-refractivity contribution in [2.75, 3.05) is 24.6 Å². The summed E-state index contributed by atoms with van der Waals surface area (Å²) in [4.78, 5) is 50.0. The second-order valence-electron chi connectivity index (χ2n) is 9.10. The molecule has 1 unspecified atom stereocenters. The van der Waals surface area contributed by atoms with Gasteiger partial charge in [0.25, 0.3) is 0 Å². The smallest absolute Gasteiger partial charge is 0.315 e. The summed E-state index contributed by atoms with van der Waals surface area (Å²) in [5.74, 6) is 0.693. The Morgan fingerprint density at radius 3 is 2.25 bits per heavy atom. The number of carbonyl (C=O) groups excluding carboxylic acids is 4. The van der Waals surface area contributed by atoms with Crippen molar-refractivity contribution in [2.45, 2.75) is 75.5 Å². The lowest BCUT2D eigenvalue weighted by molar-refractivity contribution is -0.138. The Balaban J connectivity index is 2.41. The molecule has 0 aliphatic carbocycles. The Morgan fingerprint density at radius 2 is 1.69 bits per heavy atom. The molecule has 3 amide bonds. The minimum absolute atomic E-state index is 0.0634. The van der Waals surface area contributed by atoms with Gasteiger partial charge in [-0.25, -0.2) is 0 Å². The van der Waals surface area contributed by atoms with E-state index in [0.29, 0.717) is 24.6 Å². The van der Waals surface area contributed by atoms with Crippen LogP contribution in [0.3, 0.4) is 0 Å². The number of likely N-dealkylation sites (tertiary alicyclic amines) is 1. The van der Waals surface area contributed by atoms with E-state index in [2.05, 4.69) is 3.07 Å². The number of nitrogens with zero attached hydrogens (tertiary/aromatic N) is 2. The molecule has 1 aliphatic heterocycles. The van der Waals surface area contributed by atoms with Gasteiger partial charge < -0.3 is 3.07 Å². The predicted molar refractivity (Wildman–Crippen MR) is 146 cm³/mol. The van der Waals surface area contributed by atoms with Gasteiger partial charge in [-0.15, -0.1) is 11.8 Å². The van der Waals surface area contributed by atoms with E-state index in [4.69, 9.17) is 0 Å². The van der Waals surface area contributed by atoms with Crippen molar-refractivity contribution in [3.8, 4) is 0 Å². The number of rotatable bonds is 12. The minimum atomic E-state index is -0.404. The van der Waals surface area contributed by atoms with E-state index in [0.717, 1.165) is 0 Å². The molecule has 0 radical (unpaired) electrons. The molecule has 0 aromatic rings. The van der Waals surface area contributed by atoms with Crippen LogP contribution in [0.5, 0.6) is 0 Å². The van der Waals surface area contributed by atoms with Crippen LogP contribution in [0.2, 0.25) is 0 Å². The molecule has 0 N–H and O–H groups in total. The van der Waals surface area contributed by atoms with Gasteiger partial charge >= 0.3 is 5.97 Å². The Kier molecular flexibility index (Phi) is 13.2. The zero-order valence-electron chi connectivity index (χ0n) is 19.5. The third-order valence-corrected chi connectivity index (χ3v) is 9.22. The SMILES string of the molecule is CC(C)(C)SC1CC(=O)N(CCSSCCN(SC(C)(C)C)C(=O)CCC(=O)OI)C1=O. The monoisotopic (exact) mass is 636 g/mol. The van der Waals surface area contributed by atoms with Crippen LogP contribution in [0.1, 0.15) is 60.8 Å². The number of amides is 3. The second-order valence-corrected chi connectivity index (χ2v) is 16.1. The largest absolute Gasteiger partial charge is 0.394 e. The van der Waals surface area contributed by atoms with Crippen LogP contribution in [0.4, 0.5) is 0 Å². The molecule has 1 rings (SSSR count). The van der Waals surface area contributed by atoms with Crippen LogP contribution >= 0.6 is 68.3 Å². The van der Waals surface area contributed by atoms with Gasteiger partial charge in [-0.2, -0.15) is 0 Å². The molecule has 0 aromatic heterocycles. The lowest BCUT2D eigenvalue weighted by atomic mass is 10.3. The molecule has 1 atom stereocenters. The third-order valence-electron chi connectivity index (χ3n) is 3.85. The normalized spacial score (nSPS) is 17.1. The first-order valence-electron chi connectivity index (χ1n) is 10.3. The number of hydrogen-bond acceptors (Lipinski definition) is 9. The zero-order valence-corrected chi connectivity index (χ0v) is 24.9. The molecule has 0 aromatic carbocycles. The van der Waals surface area contributed by atoms with Crippen LogP contribution in [-0.2, 0) is 22.2 Å². The standard InChI is InChI=1S/C20H33IN2O5S4/c1-19(2,3)31-14-13-16(25)22(18(14)27)9-11-29-30-12-10-23(32-20(4,5)6)15(24)7-8-17(26)28-21/h14H,7-13H2,1-6H3. The Hall–Kier alpha value is 0.210. The second kappa shape index (κ2) is 13.9.